The summed E-state index contributed by atoms with van der Waals surface area (Å²) in [5, 5.41) is 8.54. The summed E-state index contributed by atoms with van der Waals surface area (Å²) >= 11 is 0. The average molecular weight is 268 g/mol. The zero-order valence-corrected chi connectivity index (χ0v) is 8.79. The zero-order valence-electron chi connectivity index (χ0n) is 8.79. The summed E-state index contributed by atoms with van der Waals surface area (Å²) in [4.78, 5) is 13.8. The fourth-order valence-electron chi connectivity index (χ4n) is 1.23. The molecule has 1 rings (SSSR count). The number of nitrogens with zero attached hydrogens (tertiary/aromatic N) is 1. The third kappa shape index (κ3) is 3.75. The number of carboxylic acid groups (broad SMARTS) is 1. The van der Waals surface area contributed by atoms with Crippen molar-refractivity contribution >= 4 is 11.8 Å². The first-order chi connectivity index (χ1) is 8.23. The number of carboxylic acids is 1. The van der Waals surface area contributed by atoms with Crippen molar-refractivity contribution in [1.82, 2.24) is 4.98 Å². The number of halogens is 4. The first kappa shape index (κ1) is 14.0. The first-order valence-electron chi connectivity index (χ1n) is 4.54. The maximum Gasteiger partial charge on any atom is 0.573 e. The average Bonchev–Trinajstić information content (AvgIpc) is 2.19. The van der Waals surface area contributed by atoms with E-state index in [1.807, 2.05) is 0 Å². The Morgan fingerprint density at radius 3 is 2.56 bits per heavy atom. The molecular formula is C9H8F4N2O3. The van der Waals surface area contributed by atoms with Gasteiger partial charge in [0.1, 0.15) is 6.67 Å². The highest BCUT2D eigenvalue weighted by Crippen LogP contribution is 2.29. The highest BCUT2D eigenvalue weighted by Gasteiger charge is 2.32. The summed E-state index contributed by atoms with van der Waals surface area (Å²) in [6.07, 6.45) is -5.67. The first-order valence-corrected chi connectivity index (χ1v) is 4.54. The molecule has 5 nitrogen and oxygen atoms in total. The number of ether oxygens (including phenoxy) is 1. The van der Waals surface area contributed by atoms with E-state index in [2.05, 4.69) is 9.72 Å². The van der Waals surface area contributed by atoms with Gasteiger partial charge in [-0.25, -0.2) is 9.37 Å². The number of hydrogen-bond donors (Lipinski definition) is 2. The summed E-state index contributed by atoms with van der Waals surface area (Å²) in [6, 6.07) is 0.721. The van der Waals surface area contributed by atoms with Gasteiger partial charge < -0.3 is 15.6 Å². The van der Waals surface area contributed by atoms with Crippen LogP contribution in [-0.2, 0) is 17.9 Å². The molecule has 0 aromatic carbocycles. The summed E-state index contributed by atoms with van der Waals surface area (Å²) in [7, 11) is 0. The number of aliphatic carboxylic acids is 1. The highest BCUT2D eigenvalue weighted by molar-refractivity contribution is 5.71. The second kappa shape index (κ2) is 5.07. The second-order valence-corrected chi connectivity index (χ2v) is 3.23. The molecule has 1 aromatic rings. The van der Waals surface area contributed by atoms with Gasteiger partial charge in [-0.05, 0) is 11.6 Å². The van der Waals surface area contributed by atoms with Crippen LogP contribution in [0.5, 0.6) is 5.75 Å². The summed E-state index contributed by atoms with van der Waals surface area (Å²) in [5.74, 6) is -2.85. The molecule has 0 fully saturated rings. The highest BCUT2D eigenvalue weighted by atomic mass is 19.4. The van der Waals surface area contributed by atoms with Gasteiger partial charge in [0.2, 0.25) is 0 Å². The number of nitrogens with two attached hydrogens (primary N) is 1. The van der Waals surface area contributed by atoms with Gasteiger partial charge in [-0.1, -0.05) is 0 Å². The minimum atomic E-state index is -4.99. The molecule has 18 heavy (non-hydrogen) atoms. The molecule has 1 aromatic heterocycles. The number of anilines is 1. The van der Waals surface area contributed by atoms with Crippen molar-refractivity contribution in [3.05, 3.63) is 17.3 Å². The predicted molar refractivity (Wildman–Crippen MR) is 51.5 cm³/mol. The van der Waals surface area contributed by atoms with Crippen LogP contribution in [0.3, 0.4) is 0 Å². The molecule has 0 aliphatic heterocycles. The van der Waals surface area contributed by atoms with Crippen LogP contribution in [0, 0.1) is 0 Å². The number of hydrogen-bond acceptors (Lipinski definition) is 4. The molecule has 100 valence electrons. The Hall–Kier alpha value is -2.06. The van der Waals surface area contributed by atoms with Gasteiger partial charge in [0.15, 0.2) is 11.6 Å². The van der Waals surface area contributed by atoms with Gasteiger partial charge in [-0.2, -0.15) is 0 Å². The van der Waals surface area contributed by atoms with Crippen molar-refractivity contribution < 1.29 is 32.2 Å². The zero-order chi connectivity index (χ0) is 13.9. The second-order valence-electron chi connectivity index (χ2n) is 3.23. The molecule has 0 aliphatic carbocycles. The Balaban J connectivity index is 3.16. The number of nitrogen functional groups attached to an aromatic ring is 1. The minimum Gasteiger partial charge on any atom is -0.481 e. The summed E-state index contributed by atoms with van der Waals surface area (Å²) in [5.41, 5.74) is 4.60. The molecule has 0 spiro atoms. The van der Waals surface area contributed by atoms with E-state index >= 15 is 0 Å². The monoisotopic (exact) mass is 268 g/mol. The molecule has 0 saturated heterocycles. The van der Waals surface area contributed by atoms with Crippen LogP contribution >= 0.6 is 0 Å². The van der Waals surface area contributed by atoms with Gasteiger partial charge in [0, 0.05) is 0 Å². The fourth-order valence-corrected chi connectivity index (χ4v) is 1.23. The number of rotatable bonds is 4. The predicted octanol–water partition coefficient (Wildman–Crippen LogP) is 1.66. The van der Waals surface area contributed by atoms with Crippen molar-refractivity contribution in [1.29, 1.82) is 0 Å². The lowest BCUT2D eigenvalue weighted by molar-refractivity contribution is -0.274. The van der Waals surface area contributed by atoms with Gasteiger partial charge in [-0.3, -0.25) is 4.79 Å². The summed E-state index contributed by atoms with van der Waals surface area (Å²) in [6.45, 7) is -1.14. The van der Waals surface area contributed by atoms with Crippen LogP contribution < -0.4 is 10.5 Å². The van der Waals surface area contributed by atoms with Gasteiger partial charge in [0.05, 0.1) is 12.1 Å². The molecule has 1 heterocycles. The van der Waals surface area contributed by atoms with Crippen molar-refractivity contribution in [3.8, 4) is 5.75 Å². The maximum absolute atomic E-state index is 12.5. The molecule has 9 heteroatoms. The Kier molecular flexibility index (Phi) is 3.94. The van der Waals surface area contributed by atoms with E-state index in [1.54, 1.807) is 0 Å². The summed E-state index contributed by atoms with van der Waals surface area (Å²) < 4.78 is 52.1. The lowest BCUT2D eigenvalue weighted by atomic mass is 10.1. The number of alkyl halides is 4. The van der Waals surface area contributed by atoms with Crippen molar-refractivity contribution in [2.24, 2.45) is 0 Å². The minimum absolute atomic E-state index is 0.224. The van der Waals surface area contributed by atoms with E-state index in [9.17, 15) is 22.4 Å². The molecule has 0 bridgehead atoms. The van der Waals surface area contributed by atoms with E-state index in [4.69, 9.17) is 10.8 Å². The van der Waals surface area contributed by atoms with Crippen LogP contribution in [0.2, 0.25) is 0 Å². The third-order valence-corrected chi connectivity index (χ3v) is 1.88. The lowest BCUT2D eigenvalue weighted by Crippen LogP contribution is -2.19. The lowest BCUT2D eigenvalue weighted by Gasteiger charge is -2.13. The van der Waals surface area contributed by atoms with Crippen LogP contribution in [0.25, 0.3) is 0 Å². The third-order valence-electron chi connectivity index (χ3n) is 1.88. The van der Waals surface area contributed by atoms with E-state index in [1.165, 1.54) is 0 Å². The smallest absolute Gasteiger partial charge is 0.481 e. The molecule has 0 amide bonds. The van der Waals surface area contributed by atoms with Gasteiger partial charge in [-0.15, -0.1) is 13.2 Å². The van der Waals surface area contributed by atoms with Crippen LogP contribution in [0.4, 0.5) is 23.4 Å². The largest absolute Gasteiger partial charge is 0.573 e. The van der Waals surface area contributed by atoms with Crippen LogP contribution in [0.15, 0.2) is 6.07 Å². The molecule has 0 radical (unpaired) electrons. The molecular weight excluding hydrogens is 260 g/mol. The van der Waals surface area contributed by atoms with Crippen molar-refractivity contribution in [3.63, 3.8) is 0 Å². The Morgan fingerprint density at radius 2 is 2.11 bits per heavy atom. The normalized spacial score (nSPS) is 11.3. The van der Waals surface area contributed by atoms with Crippen LogP contribution in [-0.4, -0.2) is 22.4 Å². The van der Waals surface area contributed by atoms with E-state index < -0.39 is 37.0 Å². The molecule has 0 saturated carbocycles. The number of aromatic nitrogens is 1. The number of carbonyl (C=O) groups is 1. The van der Waals surface area contributed by atoms with Gasteiger partial charge >= 0.3 is 12.3 Å². The molecule has 0 atom stereocenters. The number of pyridine rings is 1. The van der Waals surface area contributed by atoms with E-state index in [0.29, 0.717) is 0 Å². The molecule has 0 unspecified atom stereocenters. The van der Waals surface area contributed by atoms with Gasteiger partial charge in [0.25, 0.3) is 0 Å². The van der Waals surface area contributed by atoms with E-state index in [0.717, 1.165) is 6.07 Å². The Morgan fingerprint density at radius 1 is 1.50 bits per heavy atom. The SMILES string of the molecule is Nc1nc(CF)c(CC(=O)O)cc1OC(F)(F)F. The topological polar surface area (TPSA) is 85.4 Å². The molecule has 3 N–H and O–H groups in total. The van der Waals surface area contributed by atoms with Crippen molar-refractivity contribution in [2.75, 3.05) is 5.73 Å². The standard InChI is InChI=1S/C9H8F4N2O3/c10-3-5-4(2-7(16)17)1-6(8(14)15-5)18-9(11,12)13/h1H,2-3H2,(H2,14,15)(H,16,17). The Labute approximate surface area is 98.2 Å². The quantitative estimate of drug-likeness (QED) is 0.811. The fraction of sp³-hybridized carbons (Fsp3) is 0.333. The maximum atomic E-state index is 12.5. The Bertz CT molecular complexity index is 462. The van der Waals surface area contributed by atoms with E-state index in [-0.39, 0.29) is 11.3 Å². The van der Waals surface area contributed by atoms with Crippen LogP contribution in [0.1, 0.15) is 11.3 Å². The van der Waals surface area contributed by atoms with Crippen molar-refractivity contribution in [2.45, 2.75) is 19.5 Å². The molecule has 0 aliphatic rings.